The smallest absolute Gasteiger partial charge is 0.248 e. The summed E-state index contributed by atoms with van der Waals surface area (Å²) >= 11 is 0. The SMILES string of the molecule is O=C(c1ccc2cccnc2c1)C1CCC(F)(F)CC1. The van der Waals surface area contributed by atoms with E-state index in [0.717, 1.165) is 10.9 Å². The second-order valence-corrected chi connectivity index (χ2v) is 5.41. The zero-order chi connectivity index (χ0) is 14.2. The van der Waals surface area contributed by atoms with Gasteiger partial charge in [-0.05, 0) is 25.0 Å². The molecule has 1 aliphatic rings. The number of benzene rings is 1. The predicted octanol–water partition coefficient (Wildman–Crippen LogP) is 4.24. The zero-order valence-corrected chi connectivity index (χ0v) is 11.0. The number of nitrogens with zero attached hydrogens (tertiary/aromatic N) is 1. The van der Waals surface area contributed by atoms with Crippen LogP contribution in [0.1, 0.15) is 36.0 Å². The van der Waals surface area contributed by atoms with Crippen molar-refractivity contribution in [3.05, 3.63) is 42.1 Å². The highest BCUT2D eigenvalue weighted by Gasteiger charge is 2.37. The van der Waals surface area contributed by atoms with Gasteiger partial charge in [-0.1, -0.05) is 18.2 Å². The van der Waals surface area contributed by atoms with Gasteiger partial charge in [0.05, 0.1) is 5.52 Å². The van der Waals surface area contributed by atoms with Crippen molar-refractivity contribution < 1.29 is 13.6 Å². The van der Waals surface area contributed by atoms with Crippen LogP contribution >= 0.6 is 0 Å². The molecule has 104 valence electrons. The van der Waals surface area contributed by atoms with Crippen LogP contribution in [-0.4, -0.2) is 16.7 Å². The fraction of sp³-hybridized carbons (Fsp3) is 0.375. The maximum atomic E-state index is 13.1. The quantitative estimate of drug-likeness (QED) is 0.767. The van der Waals surface area contributed by atoms with Crippen molar-refractivity contribution in [2.45, 2.75) is 31.6 Å². The van der Waals surface area contributed by atoms with E-state index in [2.05, 4.69) is 4.98 Å². The van der Waals surface area contributed by atoms with Gasteiger partial charge in [-0.3, -0.25) is 9.78 Å². The molecule has 3 rings (SSSR count). The average molecular weight is 275 g/mol. The molecule has 2 aromatic rings. The summed E-state index contributed by atoms with van der Waals surface area (Å²) in [7, 11) is 0. The number of aromatic nitrogens is 1. The molecule has 0 saturated heterocycles. The molecule has 1 fully saturated rings. The molecule has 0 aliphatic heterocycles. The van der Waals surface area contributed by atoms with Crippen LogP contribution in [0.4, 0.5) is 8.78 Å². The number of ketones is 1. The number of alkyl halides is 2. The number of pyridine rings is 1. The second-order valence-electron chi connectivity index (χ2n) is 5.41. The fourth-order valence-electron chi connectivity index (χ4n) is 2.76. The first kappa shape index (κ1) is 13.2. The van der Waals surface area contributed by atoms with E-state index >= 15 is 0 Å². The normalized spacial score (nSPS) is 19.1. The van der Waals surface area contributed by atoms with E-state index < -0.39 is 5.92 Å². The summed E-state index contributed by atoms with van der Waals surface area (Å²) in [6, 6.07) is 9.14. The fourth-order valence-corrected chi connectivity index (χ4v) is 2.76. The minimum absolute atomic E-state index is 0.0342. The van der Waals surface area contributed by atoms with Crippen LogP contribution in [0.3, 0.4) is 0 Å². The Labute approximate surface area is 115 Å². The molecule has 0 N–H and O–H groups in total. The third-order valence-electron chi connectivity index (χ3n) is 3.98. The van der Waals surface area contributed by atoms with E-state index in [1.807, 2.05) is 18.2 Å². The maximum absolute atomic E-state index is 13.1. The predicted molar refractivity (Wildman–Crippen MR) is 73.0 cm³/mol. The lowest BCUT2D eigenvalue weighted by Crippen LogP contribution is -2.28. The third kappa shape index (κ3) is 2.55. The Balaban J connectivity index is 1.82. The molecule has 20 heavy (non-hydrogen) atoms. The van der Waals surface area contributed by atoms with Crippen LogP contribution in [0.5, 0.6) is 0 Å². The summed E-state index contributed by atoms with van der Waals surface area (Å²) in [6.45, 7) is 0. The number of carbonyl (C=O) groups is 1. The van der Waals surface area contributed by atoms with Crippen molar-refractivity contribution in [2.75, 3.05) is 0 Å². The molecule has 1 aromatic carbocycles. The molecule has 4 heteroatoms. The molecular formula is C16H15F2NO. The summed E-state index contributed by atoms with van der Waals surface area (Å²) < 4.78 is 26.3. The minimum Gasteiger partial charge on any atom is -0.294 e. The van der Waals surface area contributed by atoms with Crippen LogP contribution in [0.25, 0.3) is 10.9 Å². The van der Waals surface area contributed by atoms with Gasteiger partial charge in [0.1, 0.15) is 0 Å². The van der Waals surface area contributed by atoms with Gasteiger partial charge in [0, 0.05) is 35.9 Å². The second kappa shape index (κ2) is 4.93. The highest BCUT2D eigenvalue weighted by atomic mass is 19.3. The Morgan fingerprint density at radius 1 is 1.20 bits per heavy atom. The van der Waals surface area contributed by atoms with Crippen molar-refractivity contribution in [3.8, 4) is 0 Å². The highest BCUT2D eigenvalue weighted by molar-refractivity contribution is 6.00. The van der Waals surface area contributed by atoms with Crippen molar-refractivity contribution in [3.63, 3.8) is 0 Å². The maximum Gasteiger partial charge on any atom is 0.248 e. The molecule has 1 heterocycles. The standard InChI is InChI=1S/C16H15F2NO/c17-16(18)7-5-12(6-8-16)15(20)13-4-3-11-2-1-9-19-14(11)10-13/h1-4,9-10,12H,5-8H2. The third-order valence-corrected chi connectivity index (χ3v) is 3.98. The van der Waals surface area contributed by atoms with Gasteiger partial charge in [0.25, 0.3) is 0 Å². The van der Waals surface area contributed by atoms with Gasteiger partial charge in [-0.15, -0.1) is 0 Å². The van der Waals surface area contributed by atoms with E-state index in [1.165, 1.54) is 0 Å². The Morgan fingerprint density at radius 2 is 1.95 bits per heavy atom. The molecule has 0 unspecified atom stereocenters. The first-order chi connectivity index (χ1) is 9.55. The van der Waals surface area contributed by atoms with Gasteiger partial charge >= 0.3 is 0 Å². The number of Topliss-reactive ketones (excluding diaryl/α,β-unsaturated/α-hetero) is 1. The molecule has 1 aromatic heterocycles. The molecular weight excluding hydrogens is 260 g/mol. The molecule has 0 bridgehead atoms. The van der Waals surface area contributed by atoms with Gasteiger partial charge in [-0.2, -0.15) is 0 Å². The summed E-state index contributed by atoms with van der Waals surface area (Å²) in [4.78, 5) is 16.6. The minimum atomic E-state index is -2.60. The lowest BCUT2D eigenvalue weighted by molar-refractivity contribution is -0.0424. The average Bonchev–Trinajstić information content (AvgIpc) is 2.46. The van der Waals surface area contributed by atoms with Gasteiger partial charge in [0.15, 0.2) is 5.78 Å². The lowest BCUT2D eigenvalue weighted by Gasteiger charge is -2.27. The lowest BCUT2D eigenvalue weighted by atomic mass is 9.82. The highest BCUT2D eigenvalue weighted by Crippen LogP contribution is 2.37. The number of fused-ring (bicyclic) bond motifs is 1. The topological polar surface area (TPSA) is 30.0 Å². The molecule has 2 nitrogen and oxygen atoms in total. The van der Waals surface area contributed by atoms with E-state index in [4.69, 9.17) is 0 Å². The van der Waals surface area contributed by atoms with Crippen molar-refractivity contribution in [1.29, 1.82) is 0 Å². The van der Waals surface area contributed by atoms with E-state index in [1.54, 1.807) is 18.3 Å². The van der Waals surface area contributed by atoms with Gasteiger partial charge in [0.2, 0.25) is 5.92 Å². The summed E-state index contributed by atoms with van der Waals surface area (Å²) in [5.74, 6) is -2.91. The van der Waals surface area contributed by atoms with Crippen LogP contribution in [0.2, 0.25) is 0 Å². The number of halogens is 2. The number of rotatable bonds is 2. The van der Waals surface area contributed by atoms with Gasteiger partial charge < -0.3 is 0 Å². The number of hydrogen-bond donors (Lipinski definition) is 0. The first-order valence-corrected chi connectivity index (χ1v) is 6.82. The summed E-state index contributed by atoms with van der Waals surface area (Å²) in [6.07, 6.45) is 1.85. The Kier molecular flexibility index (Phi) is 3.24. The van der Waals surface area contributed by atoms with Crippen LogP contribution in [-0.2, 0) is 0 Å². The van der Waals surface area contributed by atoms with Crippen LogP contribution in [0.15, 0.2) is 36.5 Å². The zero-order valence-electron chi connectivity index (χ0n) is 11.0. The van der Waals surface area contributed by atoms with E-state index in [-0.39, 0.29) is 37.4 Å². The van der Waals surface area contributed by atoms with Crippen LogP contribution in [0, 0.1) is 5.92 Å². The molecule has 0 radical (unpaired) electrons. The molecule has 0 amide bonds. The largest absolute Gasteiger partial charge is 0.294 e. The molecule has 1 aliphatic carbocycles. The van der Waals surface area contributed by atoms with Crippen molar-refractivity contribution in [1.82, 2.24) is 4.98 Å². The number of hydrogen-bond acceptors (Lipinski definition) is 2. The van der Waals surface area contributed by atoms with E-state index in [0.29, 0.717) is 5.56 Å². The first-order valence-electron chi connectivity index (χ1n) is 6.82. The van der Waals surface area contributed by atoms with Gasteiger partial charge in [-0.25, -0.2) is 8.78 Å². The molecule has 0 atom stereocenters. The Bertz CT molecular complexity index is 644. The van der Waals surface area contributed by atoms with Crippen molar-refractivity contribution >= 4 is 16.7 Å². The van der Waals surface area contributed by atoms with Crippen molar-refractivity contribution in [2.24, 2.45) is 5.92 Å². The Morgan fingerprint density at radius 3 is 2.70 bits per heavy atom. The summed E-state index contributed by atoms with van der Waals surface area (Å²) in [5, 5.41) is 0.972. The summed E-state index contributed by atoms with van der Waals surface area (Å²) in [5.41, 5.74) is 1.34. The monoisotopic (exact) mass is 275 g/mol. The Hall–Kier alpha value is -1.84. The molecule has 1 saturated carbocycles. The van der Waals surface area contributed by atoms with Crippen LogP contribution < -0.4 is 0 Å². The molecule has 0 spiro atoms. The number of carbonyl (C=O) groups excluding carboxylic acids is 1. The van der Waals surface area contributed by atoms with E-state index in [9.17, 15) is 13.6 Å².